The zero-order valence-corrected chi connectivity index (χ0v) is 15.4. The van der Waals surface area contributed by atoms with Gasteiger partial charge in [0.05, 0.1) is 18.7 Å². The van der Waals surface area contributed by atoms with E-state index in [-0.39, 0.29) is 30.4 Å². The van der Waals surface area contributed by atoms with Crippen LogP contribution in [0.15, 0.2) is 36.9 Å². The molecule has 0 radical (unpaired) electrons. The molecule has 8 heteroatoms. The molecule has 26 heavy (non-hydrogen) atoms. The summed E-state index contributed by atoms with van der Waals surface area (Å²) in [6.45, 7) is 4.36. The molecule has 1 saturated heterocycles. The van der Waals surface area contributed by atoms with Crippen LogP contribution in [0.5, 0.6) is 0 Å². The maximum atomic E-state index is 12.4. The summed E-state index contributed by atoms with van der Waals surface area (Å²) in [4.78, 5) is 37.6. The van der Waals surface area contributed by atoms with Crippen molar-refractivity contribution in [1.82, 2.24) is 10.2 Å². The molecular formula is C18H22N2O5S. The van der Waals surface area contributed by atoms with Crippen LogP contribution in [0.25, 0.3) is 0 Å². The lowest BCUT2D eigenvalue weighted by atomic mass is 10.1. The highest BCUT2D eigenvalue weighted by molar-refractivity contribution is 7.81. The van der Waals surface area contributed by atoms with Gasteiger partial charge in [0.15, 0.2) is 0 Å². The molecule has 1 N–H and O–H groups in total. The van der Waals surface area contributed by atoms with Crippen molar-refractivity contribution in [3.8, 4) is 0 Å². The second-order valence-electron chi connectivity index (χ2n) is 5.84. The average Bonchev–Trinajstić information content (AvgIpc) is 3.04. The zero-order chi connectivity index (χ0) is 19.1. The summed E-state index contributed by atoms with van der Waals surface area (Å²) in [5.74, 6) is -0.845. The summed E-state index contributed by atoms with van der Waals surface area (Å²) in [6.07, 6.45) is 1.69. The van der Waals surface area contributed by atoms with Crippen LogP contribution in [0, 0.1) is 0 Å². The Bertz CT molecular complexity index is 694. The standard InChI is InChI=1S/C18H22N2O5S/c1-3-7-25-18(23)20-11-15(26)9-14(20)10-19-16(21)12-5-4-6-13(8-12)17(22)24-2/h3-6,8,14-15,26H,1,7,9-11H2,2H3,(H,19,21)/t14-,15-/m0/s1. The number of hydrogen-bond donors (Lipinski definition) is 2. The average molecular weight is 378 g/mol. The van der Waals surface area contributed by atoms with E-state index in [4.69, 9.17) is 4.74 Å². The number of likely N-dealkylation sites (tertiary alicyclic amines) is 1. The molecule has 1 aromatic carbocycles. The SMILES string of the molecule is C=CCOC(=O)N1C[C@@H](S)C[C@H]1CNC(=O)c1cccc(C(=O)OC)c1. The van der Waals surface area contributed by atoms with Gasteiger partial charge in [-0.15, -0.1) is 0 Å². The fourth-order valence-electron chi connectivity index (χ4n) is 2.74. The van der Waals surface area contributed by atoms with Crippen LogP contribution in [0.4, 0.5) is 4.79 Å². The number of rotatable bonds is 6. The highest BCUT2D eigenvalue weighted by Gasteiger charge is 2.34. The molecule has 140 valence electrons. The van der Waals surface area contributed by atoms with Crippen molar-refractivity contribution in [3.05, 3.63) is 48.0 Å². The van der Waals surface area contributed by atoms with Gasteiger partial charge in [-0.05, 0) is 24.6 Å². The van der Waals surface area contributed by atoms with Gasteiger partial charge in [-0.1, -0.05) is 18.7 Å². The second kappa shape index (κ2) is 9.28. The molecule has 1 aliphatic rings. The van der Waals surface area contributed by atoms with Gasteiger partial charge in [0.2, 0.25) is 0 Å². The van der Waals surface area contributed by atoms with E-state index in [1.807, 2.05) is 0 Å². The Morgan fingerprint density at radius 3 is 2.81 bits per heavy atom. The topological polar surface area (TPSA) is 84.9 Å². The largest absolute Gasteiger partial charge is 0.465 e. The van der Waals surface area contributed by atoms with E-state index >= 15 is 0 Å². The summed E-state index contributed by atoms with van der Waals surface area (Å²) in [5.41, 5.74) is 0.639. The van der Waals surface area contributed by atoms with E-state index in [2.05, 4.69) is 29.3 Å². The van der Waals surface area contributed by atoms with E-state index in [1.165, 1.54) is 19.3 Å². The number of thiol groups is 1. The smallest absolute Gasteiger partial charge is 0.410 e. The first-order valence-electron chi connectivity index (χ1n) is 8.15. The van der Waals surface area contributed by atoms with Crippen LogP contribution >= 0.6 is 12.6 Å². The first kappa shape index (κ1) is 19.8. The molecule has 2 atom stereocenters. The van der Waals surface area contributed by atoms with Gasteiger partial charge in [0.25, 0.3) is 5.91 Å². The van der Waals surface area contributed by atoms with E-state index in [9.17, 15) is 14.4 Å². The van der Waals surface area contributed by atoms with Crippen molar-refractivity contribution in [1.29, 1.82) is 0 Å². The summed E-state index contributed by atoms with van der Waals surface area (Å²) < 4.78 is 9.72. The van der Waals surface area contributed by atoms with Gasteiger partial charge in [0.1, 0.15) is 6.61 Å². The number of carbonyl (C=O) groups excluding carboxylic acids is 3. The lowest BCUT2D eigenvalue weighted by Crippen LogP contribution is -2.43. The third-order valence-electron chi connectivity index (χ3n) is 4.00. The van der Waals surface area contributed by atoms with Crippen molar-refractivity contribution in [2.75, 3.05) is 26.8 Å². The number of esters is 1. The number of nitrogens with zero attached hydrogens (tertiary/aromatic N) is 1. The van der Waals surface area contributed by atoms with Crippen molar-refractivity contribution in [2.45, 2.75) is 17.7 Å². The fourth-order valence-corrected chi connectivity index (χ4v) is 3.16. The van der Waals surface area contributed by atoms with Crippen molar-refractivity contribution in [3.63, 3.8) is 0 Å². The monoisotopic (exact) mass is 378 g/mol. The zero-order valence-electron chi connectivity index (χ0n) is 14.5. The van der Waals surface area contributed by atoms with Gasteiger partial charge in [-0.25, -0.2) is 9.59 Å². The molecule has 1 aliphatic heterocycles. The highest BCUT2D eigenvalue weighted by atomic mass is 32.1. The Kier molecular flexibility index (Phi) is 7.08. The van der Waals surface area contributed by atoms with Gasteiger partial charge >= 0.3 is 12.1 Å². The van der Waals surface area contributed by atoms with Crippen molar-refractivity contribution < 1.29 is 23.9 Å². The number of methoxy groups -OCH3 is 1. The Morgan fingerprint density at radius 2 is 2.12 bits per heavy atom. The molecule has 0 spiro atoms. The molecule has 0 unspecified atom stereocenters. The van der Waals surface area contributed by atoms with Gasteiger partial charge < -0.3 is 19.7 Å². The van der Waals surface area contributed by atoms with Crippen LogP contribution in [-0.4, -0.2) is 61.0 Å². The quantitative estimate of drug-likeness (QED) is 0.449. The molecule has 1 aromatic rings. The molecule has 0 aromatic heterocycles. The lowest BCUT2D eigenvalue weighted by molar-refractivity contribution is 0.0600. The highest BCUT2D eigenvalue weighted by Crippen LogP contribution is 2.22. The van der Waals surface area contributed by atoms with E-state index in [0.29, 0.717) is 24.1 Å². The van der Waals surface area contributed by atoms with Crippen LogP contribution in [-0.2, 0) is 9.47 Å². The van der Waals surface area contributed by atoms with E-state index < -0.39 is 12.1 Å². The Morgan fingerprint density at radius 1 is 1.38 bits per heavy atom. The maximum absolute atomic E-state index is 12.4. The molecule has 1 fully saturated rings. The normalized spacial score (nSPS) is 18.9. The number of ether oxygens (including phenoxy) is 2. The number of amides is 2. The summed E-state index contributed by atoms with van der Waals surface area (Å²) >= 11 is 4.42. The van der Waals surface area contributed by atoms with Crippen molar-refractivity contribution >= 4 is 30.6 Å². The van der Waals surface area contributed by atoms with Gasteiger partial charge in [-0.2, -0.15) is 12.6 Å². The maximum Gasteiger partial charge on any atom is 0.410 e. The van der Waals surface area contributed by atoms with E-state index in [0.717, 1.165) is 0 Å². The third-order valence-corrected chi connectivity index (χ3v) is 4.37. The van der Waals surface area contributed by atoms with Crippen LogP contribution in [0.2, 0.25) is 0 Å². The van der Waals surface area contributed by atoms with Crippen LogP contribution in [0.3, 0.4) is 0 Å². The molecular weight excluding hydrogens is 356 g/mol. The Labute approximate surface area is 157 Å². The second-order valence-corrected chi connectivity index (χ2v) is 6.57. The molecule has 2 rings (SSSR count). The minimum absolute atomic E-state index is 0.0239. The van der Waals surface area contributed by atoms with Crippen molar-refractivity contribution in [2.24, 2.45) is 0 Å². The molecule has 0 bridgehead atoms. The number of benzene rings is 1. The van der Waals surface area contributed by atoms with Gasteiger partial charge in [0, 0.05) is 23.9 Å². The number of carbonyl (C=O) groups is 3. The number of hydrogen-bond acceptors (Lipinski definition) is 6. The predicted octanol–water partition coefficient (Wildman–Crippen LogP) is 1.90. The number of nitrogens with one attached hydrogen (secondary N) is 1. The first-order valence-corrected chi connectivity index (χ1v) is 8.66. The van der Waals surface area contributed by atoms with Gasteiger partial charge in [-0.3, -0.25) is 4.79 Å². The molecule has 1 heterocycles. The lowest BCUT2D eigenvalue weighted by Gasteiger charge is -2.23. The van der Waals surface area contributed by atoms with Crippen LogP contribution in [0.1, 0.15) is 27.1 Å². The fraction of sp³-hybridized carbons (Fsp3) is 0.389. The third kappa shape index (κ3) is 5.01. The molecule has 0 aliphatic carbocycles. The molecule has 7 nitrogen and oxygen atoms in total. The van der Waals surface area contributed by atoms with Crippen LogP contribution < -0.4 is 5.32 Å². The first-order chi connectivity index (χ1) is 12.5. The summed E-state index contributed by atoms with van der Waals surface area (Å²) in [5, 5.41) is 2.82. The summed E-state index contributed by atoms with van der Waals surface area (Å²) in [7, 11) is 1.28. The predicted molar refractivity (Wildman–Crippen MR) is 99.5 cm³/mol. The minimum Gasteiger partial charge on any atom is -0.465 e. The Hall–Kier alpha value is -2.48. The minimum atomic E-state index is -0.510. The molecule has 0 saturated carbocycles. The summed E-state index contributed by atoms with van der Waals surface area (Å²) in [6, 6.07) is 6.05. The van der Waals surface area contributed by atoms with E-state index in [1.54, 1.807) is 23.1 Å². The molecule has 2 amide bonds. The Balaban J connectivity index is 1.98.